The summed E-state index contributed by atoms with van der Waals surface area (Å²) in [6.45, 7) is 4.12. The molecule has 0 aliphatic rings. The Kier molecular flexibility index (Phi) is 8.53. The van der Waals surface area contributed by atoms with E-state index in [9.17, 15) is 9.59 Å². The zero-order valence-corrected chi connectivity index (χ0v) is 18.2. The first-order chi connectivity index (χ1) is 14.4. The van der Waals surface area contributed by atoms with Gasteiger partial charge in [0.05, 0.1) is 21.3 Å². The van der Waals surface area contributed by atoms with Gasteiger partial charge in [-0.25, -0.2) is 0 Å². The van der Waals surface area contributed by atoms with Crippen LogP contribution in [0.1, 0.15) is 37.4 Å². The fraction of sp³-hybridized carbons (Fsp3) is 0.391. The first-order valence-electron chi connectivity index (χ1n) is 9.80. The molecule has 0 aliphatic heterocycles. The SMILES string of the molecule is COc1cc(OC)c(OC)cc1CNC(=O)C(NC(=O)CC(C)C)c1ccccc1. The van der Waals surface area contributed by atoms with Crippen LogP contribution in [0.3, 0.4) is 0 Å². The van der Waals surface area contributed by atoms with Gasteiger partial charge in [0.1, 0.15) is 11.8 Å². The average Bonchev–Trinajstić information content (AvgIpc) is 2.75. The second-order valence-electron chi connectivity index (χ2n) is 7.25. The number of methoxy groups -OCH3 is 3. The van der Waals surface area contributed by atoms with Crippen molar-refractivity contribution in [2.75, 3.05) is 21.3 Å². The third-order valence-electron chi connectivity index (χ3n) is 4.53. The van der Waals surface area contributed by atoms with Gasteiger partial charge in [-0.1, -0.05) is 44.2 Å². The number of nitrogens with one attached hydrogen (secondary N) is 2. The van der Waals surface area contributed by atoms with Crippen molar-refractivity contribution in [3.63, 3.8) is 0 Å². The molecule has 0 heterocycles. The van der Waals surface area contributed by atoms with Crippen LogP contribution in [0.2, 0.25) is 0 Å². The van der Waals surface area contributed by atoms with E-state index >= 15 is 0 Å². The van der Waals surface area contributed by atoms with Crippen LogP contribution in [0.5, 0.6) is 17.2 Å². The molecular weight excluding hydrogens is 384 g/mol. The maximum Gasteiger partial charge on any atom is 0.247 e. The van der Waals surface area contributed by atoms with Gasteiger partial charge in [0.15, 0.2) is 11.5 Å². The fourth-order valence-corrected chi connectivity index (χ4v) is 3.05. The molecule has 7 nitrogen and oxygen atoms in total. The number of hydrogen-bond acceptors (Lipinski definition) is 5. The maximum atomic E-state index is 13.0. The van der Waals surface area contributed by atoms with Crippen molar-refractivity contribution in [3.05, 3.63) is 53.6 Å². The third-order valence-corrected chi connectivity index (χ3v) is 4.53. The second kappa shape index (κ2) is 11.1. The smallest absolute Gasteiger partial charge is 0.247 e. The molecule has 7 heteroatoms. The van der Waals surface area contributed by atoms with E-state index in [4.69, 9.17) is 14.2 Å². The minimum atomic E-state index is -0.788. The van der Waals surface area contributed by atoms with Gasteiger partial charge < -0.3 is 24.8 Å². The van der Waals surface area contributed by atoms with Crippen molar-refractivity contribution >= 4 is 11.8 Å². The van der Waals surface area contributed by atoms with Gasteiger partial charge >= 0.3 is 0 Å². The molecule has 30 heavy (non-hydrogen) atoms. The Morgan fingerprint density at radius 1 is 0.900 bits per heavy atom. The van der Waals surface area contributed by atoms with Gasteiger partial charge in [-0.05, 0) is 17.5 Å². The van der Waals surface area contributed by atoms with Gasteiger partial charge in [0.25, 0.3) is 0 Å². The quantitative estimate of drug-likeness (QED) is 0.623. The number of carbonyl (C=O) groups is 2. The number of benzene rings is 2. The molecule has 0 aliphatic carbocycles. The van der Waals surface area contributed by atoms with Crippen LogP contribution in [0, 0.1) is 5.92 Å². The lowest BCUT2D eigenvalue weighted by atomic mass is 10.0. The first kappa shape index (κ1) is 23.1. The van der Waals surface area contributed by atoms with E-state index in [-0.39, 0.29) is 24.3 Å². The molecule has 2 N–H and O–H groups in total. The highest BCUT2D eigenvalue weighted by Crippen LogP contribution is 2.34. The Morgan fingerprint density at radius 2 is 1.50 bits per heavy atom. The minimum Gasteiger partial charge on any atom is -0.496 e. The van der Waals surface area contributed by atoms with Crippen LogP contribution in [0.25, 0.3) is 0 Å². The number of ether oxygens (including phenoxy) is 3. The Bertz CT molecular complexity index is 852. The summed E-state index contributed by atoms with van der Waals surface area (Å²) in [5, 5.41) is 5.73. The van der Waals surface area contributed by atoms with Crippen LogP contribution in [-0.4, -0.2) is 33.1 Å². The Labute approximate surface area is 177 Å². The monoisotopic (exact) mass is 414 g/mol. The Hall–Kier alpha value is -3.22. The summed E-state index contributed by atoms with van der Waals surface area (Å²) in [7, 11) is 4.64. The molecule has 162 valence electrons. The maximum absolute atomic E-state index is 13.0. The summed E-state index contributed by atoms with van der Waals surface area (Å²) >= 11 is 0. The molecule has 1 unspecified atom stereocenters. The number of hydrogen-bond donors (Lipinski definition) is 2. The van der Waals surface area contributed by atoms with E-state index in [0.717, 1.165) is 5.56 Å². The van der Waals surface area contributed by atoms with Crippen molar-refractivity contribution in [2.24, 2.45) is 5.92 Å². The summed E-state index contributed by atoms with van der Waals surface area (Å²) in [5.41, 5.74) is 1.44. The largest absolute Gasteiger partial charge is 0.496 e. The molecule has 2 rings (SSSR count). The zero-order chi connectivity index (χ0) is 22.1. The van der Waals surface area contributed by atoms with Crippen LogP contribution in [0.4, 0.5) is 0 Å². The lowest BCUT2D eigenvalue weighted by Gasteiger charge is -2.20. The number of amides is 2. The molecule has 2 amide bonds. The molecule has 0 aromatic heterocycles. The summed E-state index contributed by atoms with van der Waals surface area (Å²) in [5.74, 6) is 1.35. The second-order valence-corrected chi connectivity index (χ2v) is 7.25. The predicted molar refractivity (Wildman–Crippen MR) is 115 cm³/mol. The molecule has 1 atom stereocenters. The highest BCUT2D eigenvalue weighted by Gasteiger charge is 2.23. The van der Waals surface area contributed by atoms with Crippen molar-refractivity contribution in [1.29, 1.82) is 0 Å². The highest BCUT2D eigenvalue weighted by molar-refractivity contribution is 5.88. The number of carbonyl (C=O) groups excluding carboxylic acids is 2. The molecule has 0 saturated heterocycles. The predicted octanol–water partition coefficient (Wildman–Crippen LogP) is 3.23. The third kappa shape index (κ3) is 6.14. The molecule has 2 aromatic carbocycles. The molecular formula is C23H30N2O5. The minimum absolute atomic E-state index is 0.169. The van der Waals surface area contributed by atoms with Gasteiger partial charge in [0.2, 0.25) is 11.8 Å². The van der Waals surface area contributed by atoms with Crippen molar-refractivity contribution in [2.45, 2.75) is 32.9 Å². The summed E-state index contributed by atoms with van der Waals surface area (Å²) < 4.78 is 16.0. The van der Waals surface area contributed by atoms with Gasteiger partial charge in [-0.3, -0.25) is 9.59 Å². The average molecular weight is 415 g/mol. The summed E-state index contributed by atoms with van der Waals surface area (Å²) in [6, 6.07) is 11.8. The van der Waals surface area contributed by atoms with Crippen LogP contribution in [-0.2, 0) is 16.1 Å². The fourth-order valence-electron chi connectivity index (χ4n) is 3.05. The summed E-state index contributed by atoms with van der Waals surface area (Å²) in [6.07, 6.45) is 0.347. The highest BCUT2D eigenvalue weighted by atomic mass is 16.5. The molecule has 0 saturated carbocycles. The molecule has 0 spiro atoms. The topological polar surface area (TPSA) is 85.9 Å². The van der Waals surface area contributed by atoms with Crippen LogP contribution in [0.15, 0.2) is 42.5 Å². The normalized spacial score (nSPS) is 11.5. The van der Waals surface area contributed by atoms with E-state index in [0.29, 0.717) is 29.2 Å². The Morgan fingerprint density at radius 3 is 2.07 bits per heavy atom. The number of rotatable bonds is 10. The van der Waals surface area contributed by atoms with Crippen molar-refractivity contribution in [1.82, 2.24) is 10.6 Å². The van der Waals surface area contributed by atoms with E-state index in [1.807, 2.05) is 44.2 Å². The summed E-state index contributed by atoms with van der Waals surface area (Å²) in [4.78, 5) is 25.3. The van der Waals surface area contributed by atoms with Crippen molar-refractivity contribution in [3.8, 4) is 17.2 Å². The van der Waals surface area contributed by atoms with Crippen molar-refractivity contribution < 1.29 is 23.8 Å². The molecule has 0 radical (unpaired) electrons. The van der Waals surface area contributed by atoms with E-state index in [2.05, 4.69) is 10.6 Å². The molecule has 0 bridgehead atoms. The van der Waals surface area contributed by atoms with E-state index in [1.165, 1.54) is 0 Å². The lowest BCUT2D eigenvalue weighted by Crippen LogP contribution is -2.40. The van der Waals surface area contributed by atoms with Crippen LogP contribution < -0.4 is 24.8 Å². The standard InChI is InChI=1S/C23H30N2O5/c1-15(2)11-21(26)25-22(16-9-7-6-8-10-16)23(27)24-14-17-12-19(29-4)20(30-5)13-18(17)28-3/h6-10,12-13,15,22H,11,14H2,1-5H3,(H,24,27)(H,25,26). The zero-order valence-electron chi connectivity index (χ0n) is 18.2. The van der Waals surface area contributed by atoms with Crippen LogP contribution >= 0.6 is 0 Å². The van der Waals surface area contributed by atoms with E-state index < -0.39 is 6.04 Å². The first-order valence-corrected chi connectivity index (χ1v) is 9.80. The Balaban J connectivity index is 2.20. The molecule has 2 aromatic rings. The van der Waals surface area contributed by atoms with Gasteiger partial charge in [0, 0.05) is 24.6 Å². The lowest BCUT2D eigenvalue weighted by molar-refractivity contribution is -0.129. The van der Waals surface area contributed by atoms with Gasteiger partial charge in [-0.2, -0.15) is 0 Å². The molecule has 0 fully saturated rings. The van der Waals surface area contributed by atoms with Gasteiger partial charge in [-0.15, -0.1) is 0 Å². The van der Waals surface area contributed by atoms with E-state index in [1.54, 1.807) is 33.5 Å².